The number of hydrogen-bond acceptors (Lipinski definition) is 11. The molecule has 13 nitrogen and oxygen atoms in total. The Labute approximate surface area is 327 Å². The highest BCUT2D eigenvalue weighted by atomic mass is 31.2. The van der Waals surface area contributed by atoms with Crippen LogP contribution < -0.4 is 51.1 Å². The Bertz CT molecular complexity index is 2430. The third-order valence-corrected chi connectivity index (χ3v) is 12.9. The first-order valence-corrected chi connectivity index (χ1v) is 20.7. The number of aromatic nitrogens is 3. The zero-order chi connectivity index (χ0) is 38.7. The van der Waals surface area contributed by atoms with Crippen LogP contribution in [0.4, 0.5) is 0 Å². The van der Waals surface area contributed by atoms with Crippen molar-refractivity contribution in [1.82, 2.24) is 13.0 Å². The second-order valence-electron chi connectivity index (χ2n) is 11.9. The molecule has 6 aromatic carbocycles. The summed E-state index contributed by atoms with van der Waals surface area (Å²) in [5, 5.41) is 0. The maximum atomic E-state index is 6.86. The first-order valence-electron chi connectivity index (χ1n) is 17.6. The van der Waals surface area contributed by atoms with E-state index >= 15 is 0 Å². The average molecular weight is 808 g/mol. The number of hydrogen-bond donors (Lipinski definition) is 4. The average Bonchev–Trinajstić information content (AvgIpc) is 3.24. The quantitative estimate of drug-likeness (QED) is 0.0731. The maximum Gasteiger partial charge on any atom is 0.319 e. The predicted molar refractivity (Wildman–Crippen MR) is 220 cm³/mol. The molecule has 2 unspecified atom stereocenters. The van der Waals surface area contributed by atoms with E-state index in [9.17, 15) is 0 Å². The van der Waals surface area contributed by atoms with Crippen molar-refractivity contribution in [2.24, 2.45) is 22.9 Å². The lowest BCUT2D eigenvalue weighted by Crippen LogP contribution is -2.15. The zero-order valence-corrected chi connectivity index (χ0v) is 32.8. The van der Waals surface area contributed by atoms with Gasteiger partial charge in [0.1, 0.15) is 17.2 Å². The van der Waals surface area contributed by atoms with Gasteiger partial charge >= 0.3 is 16.2 Å². The fraction of sp³-hybridized carbons (Fsp3) is 0.100. The van der Waals surface area contributed by atoms with Crippen LogP contribution in [0.15, 0.2) is 146 Å². The highest BCUT2D eigenvalue weighted by Crippen LogP contribution is 2.49. The molecule has 8 N–H and O–H groups in total. The van der Waals surface area contributed by atoms with Gasteiger partial charge < -0.3 is 51.1 Å². The summed E-state index contributed by atoms with van der Waals surface area (Å²) in [6.07, 6.45) is 0. The fourth-order valence-corrected chi connectivity index (χ4v) is 10.4. The number of para-hydroxylation sites is 6. The van der Waals surface area contributed by atoms with Gasteiger partial charge in [-0.3, -0.25) is 0 Å². The molecule has 0 fully saturated rings. The van der Waals surface area contributed by atoms with E-state index in [1.807, 2.05) is 133 Å². The molecule has 0 saturated heterocycles. The number of rotatable bonds is 16. The fourth-order valence-electron chi connectivity index (χ4n) is 5.40. The number of nitrogens with zero attached hydrogens (tertiary/aromatic N) is 3. The van der Waals surface area contributed by atoms with Gasteiger partial charge in [0.2, 0.25) is 5.75 Å². The van der Waals surface area contributed by atoms with Crippen LogP contribution in [0.25, 0.3) is 0 Å². The highest BCUT2D eigenvalue weighted by Gasteiger charge is 2.25. The molecule has 7 aromatic rings. The Morgan fingerprint density at radius 1 is 0.464 bits per heavy atom. The van der Waals surface area contributed by atoms with E-state index in [2.05, 4.69) is 0 Å². The third-order valence-electron chi connectivity index (χ3n) is 8.25. The smallest absolute Gasteiger partial charge is 0.319 e. The Morgan fingerprint density at radius 2 is 0.946 bits per heavy atom. The van der Waals surface area contributed by atoms with Crippen LogP contribution in [0.2, 0.25) is 0 Å². The third kappa shape index (κ3) is 9.03. The van der Waals surface area contributed by atoms with Crippen molar-refractivity contribution >= 4 is 24.7 Å². The summed E-state index contributed by atoms with van der Waals surface area (Å²) < 4.78 is 35.0. The summed E-state index contributed by atoms with van der Waals surface area (Å²) in [5.41, 5.74) is 27.7. The van der Waals surface area contributed by atoms with E-state index in [0.717, 1.165) is 22.3 Å². The first-order chi connectivity index (χ1) is 27.6. The standard InChI is InChI=1S/C40H40N7O6P3/c41-25-29-13-4-8-19-34(29)48-38-23-12-24-39(40(38)49-35-20-9-5-14-30(35)26-42)52-55-45-54-46(51-36-21-10-6-15-31(36)27-43)56(47(55)50-33-17-2-1-3-18-33)53-37-22-11-7-16-32(37)28-44/h1-24H,25-28,41-44H2. The van der Waals surface area contributed by atoms with Gasteiger partial charge in [0.25, 0.3) is 0 Å². The summed E-state index contributed by atoms with van der Waals surface area (Å²) in [7, 11) is -3.63. The van der Waals surface area contributed by atoms with Gasteiger partial charge in [-0.05, 0) is 52.8 Å². The van der Waals surface area contributed by atoms with Crippen LogP contribution >= 0.6 is 24.7 Å². The van der Waals surface area contributed by atoms with Gasteiger partial charge in [0.15, 0.2) is 31.5 Å². The van der Waals surface area contributed by atoms with Crippen molar-refractivity contribution in [2.75, 3.05) is 0 Å². The van der Waals surface area contributed by atoms with E-state index in [0.29, 0.717) is 54.5 Å². The molecule has 0 spiro atoms. The van der Waals surface area contributed by atoms with Crippen molar-refractivity contribution in [3.63, 3.8) is 0 Å². The molecule has 0 aliphatic heterocycles. The molecule has 0 aliphatic carbocycles. The Hall–Kier alpha value is -5.74. The second kappa shape index (κ2) is 18.7. The van der Waals surface area contributed by atoms with Crippen LogP contribution in [-0.2, 0) is 26.2 Å². The van der Waals surface area contributed by atoms with Gasteiger partial charge in [-0.1, -0.05) is 101 Å². The molecule has 286 valence electrons. The highest BCUT2D eigenvalue weighted by molar-refractivity contribution is 7.56. The molecular formula is C40H40N7O6P3. The monoisotopic (exact) mass is 807 g/mol. The van der Waals surface area contributed by atoms with Gasteiger partial charge in [-0.2, -0.15) is 0 Å². The van der Waals surface area contributed by atoms with Crippen LogP contribution in [0.1, 0.15) is 22.3 Å². The predicted octanol–water partition coefficient (Wildman–Crippen LogP) is 9.15. The van der Waals surface area contributed by atoms with Gasteiger partial charge in [-0.25, -0.2) is 0 Å². The van der Waals surface area contributed by atoms with Crippen molar-refractivity contribution < 1.29 is 28.2 Å². The molecule has 7 rings (SSSR count). The van der Waals surface area contributed by atoms with E-state index in [-0.39, 0.29) is 26.2 Å². The molecule has 0 aliphatic rings. The van der Waals surface area contributed by atoms with Crippen molar-refractivity contribution in [3.8, 4) is 46.0 Å². The summed E-state index contributed by atoms with van der Waals surface area (Å²) in [6.45, 7) is 1.03. The number of ether oxygens (including phenoxy) is 2. The molecule has 0 saturated carbocycles. The Morgan fingerprint density at radius 3 is 1.57 bits per heavy atom. The molecular weight excluding hydrogens is 767 g/mol. The van der Waals surface area contributed by atoms with Gasteiger partial charge in [-0.15, -0.1) is 4.51 Å². The molecule has 0 radical (unpaired) electrons. The summed E-state index contributed by atoms with van der Waals surface area (Å²) >= 11 is 0. The second-order valence-corrected chi connectivity index (χ2v) is 16.3. The van der Waals surface area contributed by atoms with Crippen LogP contribution in [0, 0.1) is 0 Å². The molecule has 56 heavy (non-hydrogen) atoms. The first kappa shape index (κ1) is 38.5. The van der Waals surface area contributed by atoms with Crippen molar-refractivity contribution in [2.45, 2.75) is 26.2 Å². The molecule has 1 heterocycles. The van der Waals surface area contributed by atoms with Gasteiger partial charge in [0, 0.05) is 48.4 Å². The minimum absolute atomic E-state index is 0.244. The van der Waals surface area contributed by atoms with E-state index < -0.39 is 16.2 Å². The lowest BCUT2D eigenvalue weighted by atomic mass is 10.2. The normalized spacial score (nSPS) is 11.6. The minimum atomic E-state index is -2.01. The zero-order valence-electron chi connectivity index (χ0n) is 30.1. The maximum absolute atomic E-state index is 6.86. The SMILES string of the molecule is NCc1ccccc1Oc1cccc(Op2npn(Oc3ccccc3CN)p(Oc3ccccc3CN)n2Oc2ccccc2)c1Oc1ccccc1CN. The van der Waals surface area contributed by atoms with Crippen molar-refractivity contribution in [3.05, 3.63) is 168 Å². The van der Waals surface area contributed by atoms with E-state index in [4.69, 9.17) is 55.6 Å². The summed E-state index contributed by atoms with van der Waals surface area (Å²) in [4.78, 5) is 13.2. The number of benzene rings is 6. The Kier molecular flexibility index (Phi) is 12.9. The minimum Gasteiger partial charge on any atom is -0.453 e. The van der Waals surface area contributed by atoms with E-state index in [1.165, 1.54) is 0 Å². The molecule has 0 bridgehead atoms. The molecule has 1 aromatic heterocycles. The Balaban J connectivity index is 1.41. The molecule has 16 heteroatoms. The molecule has 2 atom stereocenters. The number of nitrogens with two attached hydrogens (primary N) is 4. The van der Waals surface area contributed by atoms with Crippen LogP contribution in [0.5, 0.6) is 46.0 Å². The summed E-state index contributed by atoms with van der Waals surface area (Å²) in [6, 6.07) is 44.8. The van der Waals surface area contributed by atoms with Crippen LogP contribution in [-0.4, -0.2) is 13.0 Å². The van der Waals surface area contributed by atoms with Gasteiger partial charge in [0.05, 0.1) is 0 Å². The summed E-state index contributed by atoms with van der Waals surface area (Å²) in [5.74, 6) is 3.73. The van der Waals surface area contributed by atoms with Crippen molar-refractivity contribution in [1.29, 1.82) is 0 Å². The van der Waals surface area contributed by atoms with Crippen LogP contribution in [0.3, 0.4) is 0 Å². The molecule has 0 amide bonds. The largest absolute Gasteiger partial charge is 0.453 e. The topological polar surface area (TPSA) is 182 Å². The lowest BCUT2D eigenvalue weighted by Gasteiger charge is -2.23. The van der Waals surface area contributed by atoms with E-state index in [1.54, 1.807) is 20.6 Å². The lowest BCUT2D eigenvalue weighted by molar-refractivity contribution is 0.231.